The van der Waals surface area contributed by atoms with E-state index in [-0.39, 0.29) is 11.9 Å². The summed E-state index contributed by atoms with van der Waals surface area (Å²) in [6, 6.07) is 9.10. The first-order valence-electron chi connectivity index (χ1n) is 8.05. The molecule has 1 aromatic heterocycles. The SMILES string of the molecule is O=C(c1cc(Cl)ccn1)N1CCC[C@H]1c1cccc2c1OCCO2. The highest BCUT2D eigenvalue weighted by atomic mass is 35.5. The molecule has 0 unspecified atom stereocenters. The summed E-state index contributed by atoms with van der Waals surface area (Å²) in [7, 11) is 0. The monoisotopic (exact) mass is 344 g/mol. The molecule has 2 aliphatic heterocycles. The number of carbonyl (C=O) groups is 1. The maximum atomic E-state index is 12.9. The first-order chi connectivity index (χ1) is 11.7. The normalized spacial score (nSPS) is 19.4. The molecule has 1 aromatic carbocycles. The van der Waals surface area contributed by atoms with Crippen molar-refractivity contribution < 1.29 is 14.3 Å². The Morgan fingerprint density at radius 3 is 3.00 bits per heavy atom. The molecule has 124 valence electrons. The molecule has 6 heteroatoms. The summed E-state index contributed by atoms with van der Waals surface area (Å²) in [6.45, 7) is 1.78. The standard InChI is InChI=1S/C18H17ClN2O3/c19-12-6-7-20-14(11-12)18(22)21-8-2-4-15(21)13-3-1-5-16-17(13)24-10-9-23-16/h1,3,5-7,11,15H,2,4,8-10H2/t15-/m0/s1. The van der Waals surface area contributed by atoms with Gasteiger partial charge in [-0.25, -0.2) is 0 Å². The van der Waals surface area contributed by atoms with E-state index in [1.54, 1.807) is 18.3 Å². The van der Waals surface area contributed by atoms with E-state index in [0.29, 0.717) is 30.5 Å². The molecule has 2 aliphatic rings. The van der Waals surface area contributed by atoms with Crippen molar-refractivity contribution >= 4 is 17.5 Å². The van der Waals surface area contributed by atoms with E-state index in [2.05, 4.69) is 4.98 Å². The molecule has 0 bridgehead atoms. The van der Waals surface area contributed by atoms with Gasteiger partial charge in [0.25, 0.3) is 5.91 Å². The van der Waals surface area contributed by atoms with Gasteiger partial charge in [0, 0.05) is 23.3 Å². The fraction of sp³-hybridized carbons (Fsp3) is 0.333. The van der Waals surface area contributed by atoms with Gasteiger partial charge in [-0.1, -0.05) is 23.7 Å². The molecule has 0 aliphatic carbocycles. The molecule has 0 saturated carbocycles. The summed E-state index contributed by atoms with van der Waals surface area (Å²) < 4.78 is 11.5. The van der Waals surface area contributed by atoms with Crippen molar-refractivity contribution in [2.24, 2.45) is 0 Å². The van der Waals surface area contributed by atoms with Crippen LogP contribution in [0.25, 0.3) is 0 Å². The maximum absolute atomic E-state index is 12.9. The largest absolute Gasteiger partial charge is 0.486 e. The first kappa shape index (κ1) is 15.3. The molecule has 1 saturated heterocycles. The van der Waals surface area contributed by atoms with Gasteiger partial charge in [-0.2, -0.15) is 0 Å². The Morgan fingerprint density at radius 2 is 2.12 bits per heavy atom. The first-order valence-corrected chi connectivity index (χ1v) is 8.43. The van der Waals surface area contributed by atoms with Crippen molar-refractivity contribution in [2.75, 3.05) is 19.8 Å². The Morgan fingerprint density at radius 1 is 1.25 bits per heavy atom. The van der Waals surface area contributed by atoms with E-state index >= 15 is 0 Å². The van der Waals surface area contributed by atoms with Crippen LogP contribution in [-0.4, -0.2) is 35.5 Å². The average Bonchev–Trinajstić information content (AvgIpc) is 3.10. The van der Waals surface area contributed by atoms with E-state index in [1.165, 1.54) is 0 Å². The van der Waals surface area contributed by atoms with Crippen molar-refractivity contribution in [1.29, 1.82) is 0 Å². The highest BCUT2D eigenvalue weighted by Crippen LogP contribution is 2.43. The zero-order valence-corrected chi connectivity index (χ0v) is 13.8. The molecule has 0 spiro atoms. The van der Waals surface area contributed by atoms with Gasteiger partial charge in [-0.05, 0) is 31.0 Å². The van der Waals surface area contributed by atoms with Gasteiger partial charge in [-0.15, -0.1) is 0 Å². The van der Waals surface area contributed by atoms with Gasteiger partial charge in [0.15, 0.2) is 11.5 Å². The fourth-order valence-corrected chi connectivity index (χ4v) is 3.52. The smallest absolute Gasteiger partial charge is 0.273 e. The van der Waals surface area contributed by atoms with Crippen molar-refractivity contribution in [1.82, 2.24) is 9.88 Å². The second-order valence-electron chi connectivity index (χ2n) is 5.89. The second kappa shape index (κ2) is 6.32. The number of hydrogen-bond donors (Lipinski definition) is 0. The minimum Gasteiger partial charge on any atom is -0.486 e. The van der Waals surface area contributed by atoms with Crippen molar-refractivity contribution in [3.63, 3.8) is 0 Å². The van der Waals surface area contributed by atoms with Crippen LogP contribution in [-0.2, 0) is 0 Å². The lowest BCUT2D eigenvalue weighted by Crippen LogP contribution is -2.31. The molecular formula is C18H17ClN2O3. The zero-order valence-electron chi connectivity index (χ0n) is 13.1. The molecule has 4 rings (SSSR count). The van der Waals surface area contributed by atoms with Crippen LogP contribution in [0.4, 0.5) is 0 Å². The van der Waals surface area contributed by atoms with Crippen LogP contribution in [0.15, 0.2) is 36.5 Å². The number of hydrogen-bond acceptors (Lipinski definition) is 4. The van der Waals surface area contributed by atoms with Gasteiger partial charge < -0.3 is 14.4 Å². The number of aromatic nitrogens is 1. The number of amides is 1. The van der Waals surface area contributed by atoms with E-state index in [9.17, 15) is 4.79 Å². The van der Waals surface area contributed by atoms with E-state index < -0.39 is 0 Å². The predicted molar refractivity (Wildman–Crippen MR) is 89.7 cm³/mol. The van der Waals surface area contributed by atoms with Gasteiger partial charge >= 0.3 is 0 Å². The van der Waals surface area contributed by atoms with Crippen molar-refractivity contribution in [2.45, 2.75) is 18.9 Å². The van der Waals surface area contributed by atoms with E-state index in [1.807, 2.05) is 23.1 Å². The molecule has 1 atom stereocenters. The summed E-state index contributed by atoms with van der Waals surface area (Å²) in [5.41, 5.74) is 1.37. The van der Waals surface area contributed by atoms with Gasteiger partial charge in [0.2, 0.25) is 0 Å². The Labute approximate surface area is 145 Å². The number of pyridine rings is 1. The minimum atomic E-state index is -0.102. The topological polar surface area (TPSA) is 51.7 Å². The molecule has 2 aromatic rings. The Balaban J connectivity index is 1.67. The van der Waals surface area contributed by atoms with E-state index in [0.717, 1.165) is 29.9 Å². The molecular weight excluding hydrogens is 328 g/mol. The number of carbonyl (C=O) groups excluding carboxylic acids is 1. The number of ether oxygens (including phenoxy) is 2. The molecule has 0 N–H and O–H groups in total. The number of rotatable bonds is 2. The summed E-state index contributed by atoms with van der Waals surface area (Å²) in [5, 5.41) is 0.512. The van der Waals surface area contributed by atoms with E-state index in [4.69, 9.17) is 21.1 Å². The maximum Gasteiger partial charge on any atom is 0.273 e. The van der Waals surface area contributed by atoms with Gasteiger partial charge in [0.1, 0.15) is 18.9 Å². The zero-order chi connectivity index (χ0) is 16.5. The minimum absolute atomic E-state index is 0.0325. The van der Waals surface area contributed by atoms with Crippen LogP contribution < -0.4 is 9.47 Å². The number of para-hydroxylation sites is 1. The number of fused-ring (bicyclic) bond motifs is 1. The van der Waals surface area contributed by atoms with Crippen LogP contribution in [0.3, 0.4) is 0 Å². The number of halogens is 1. The highest BCUT2D eigenvalue weighted by molar-refractivity contribution is 6.30. The summed E-state index contributed by atoms with van der Waals surface area (Å²) >= 11 is 6.00. The molecule has 5 nitrogen and oxygen atoms in total. The summed E-state index contributed by atoms with van der Waals surface area (Å²) in [5.74, 6) is 1.40. The van der Waals surface area contributed by atoms with Crippen molar-refractivity contribution in [3.05, 3.63) is 52.8 Å². The van der Waals surface area contributed by atoms with Crippen LogP contribution in [0.5, 0.6) is 11.5 Å². The molecule has 1 amide bonds. The second-order valence-corrected chi connectivity index (χ2v) is 6.32. The molecule has 24 heavy (non-hydrogen) atoms. The lowest BCUT2D eigenvalue weighted by atomic mass is 10.0. The van der Waals surface area contributed by atoms with Crippen LogP contribution in [0, 0.1) is 0 Å². The van der Waals surface area contributed by atoms with Gasteiger partial charge in [-0.3, -0.25) is 9.78 Å². The lowest BCUT2D eigenvalue weighted by Gasteiger charge is -2.28. The third kappa shape index (κ3) is 2.69. The summed E-state index contributed by atoms with van der Waals surface area (Å²) in [4.78, 5) is 18.9. The highest BCUT2D eigenvalue weighted by Gasteiger charge is 2.34. The third-order valence-corrected chi connectivity index (χ3v) is 4.65. The van der Waals surface area contributed by atoms with Crippen LogP contribution in [0.1, 0.15) is 34.9 Å². The quantitative estimate of drug-likeness (QED) is 0.837. The predicted octanol–water partition coefficient (Wildman–Crippen LogP) is 3.48. The van der Waals surface area contributed by atoms with Crippen LogP contribution >= 0.6 is 11.6 Å². The average molecular weight is 345 g/mol. The lowest BCUT2D eigenvalue weighted by molar-refractivity contribution is 0.0725. The number of benzene rings is 1. The third-order valence-electron chi connectivity index (χ3n) is 4.41. The molecule has 0 radical (unpaired) electrons. The Kier molecular flexibility index (Phi) is 4.02. The number of likely N-dealkylation sites (tertiary alicyclic amines) is 1. The fourth-order valence-electron chi connectivity index (χ4n) is 3.36. The van der Waals surface area contributed by atoms with Gasteiger partial charge in [0.05, 0.1) is 6.04 Å². The summed E-state index contributed by atoms with van der Waals surface area (Å²) in [6.07, 6.45) is 3.40. The Bertz CT molecular complexity index is 781. The number of nitrogens with zero attached hydrogens (tertiary/aromatic N) is 2. The molecule has 3 heterocycles. The van der Waals surface area contributed by atoms with Crippen molar-refractivity contribution in [3.8, 4) is 11.5 Å². The Hall–Kier alpha value is -2.27. The van der Waals surface area contributed by atoms with Crippen LogP contribution in [0.2, 0.25) is 5.02 Å². The molecule has 1 fully saturated rings.